The molecule has 1 saturated carbocycles. The van der Waals surface area contributed by atoms with E-state index in [-0.39, 0.29) is 11.3 Å². The van der Waals surface area contributed by atoms with Crippen molar-refractivity contribution in [3.63, 3.8) is 0 Å². The molecule has 0 aliphatic heterocycles. The number of aromatic nitrogens is 2. The minimum absolute atomic E-state index is 0.244. The van der Waals surface area contributed by atoms with Crippen LogP contribution < -0.4 is 5.32 Å². The van der Waals surface area contributed by atoms with Gasteiger partial charge in [0.05, 0.1) is 0 Å². The molecule has 1 aliphatic rings. The Morgan fingerprint density at radius 1 is 1.24 bits per heavy atom. The third-order valence-corrected chi connectivity index (χ3v) is 3.74. The van der Waals surface area contributed by atoms with E-state index < -0.39 is 23.4 Å². The number of rotatable bonds is 4. The molecule has 0 spiro atoms. The fraction of sp³-hybridized carbons (Fsp3) is 0.538. The summed E-state index contributed by atoms with van der Waals surface area (Å²) in [6.07, 6.45) is 4.23. The van der Waals surface area contributed by atoms with Crippen molar-refractivity contribution in [2.75, 3.05) is 0 Å². The van der Waals surface area contributed by atoms with E-state index in [1.54, 1.807) is 0 Å². The molecule has 21 heavy (non-hydrogen) atoms. The summed E-state index contributed by atoms with van der Waals surface area (Å²) in [6.45, 7) is 0. The fourth-order valence-electron chi connectivity index (χ4n) is 2.64. The number of hydrogen-bond acceptors (Lipinski definition) is 4. The SMILES string of the molecule is Cn1cc(C(=O)O)c(C(=O)NC2(C(=O)O)CCCCC2)n1. The number of aromatic carboxylic acids is 1. The van der Waals surface area contributed by atoms with Crippen molar-refractivity contribution in [2.45, 2.75) is 37.6 Å². The number of carboxylic acid groups (broad SMARTS) is 2. The molecule has 1 aromatic rings. The lowest BCUT2D eigenvalue weighted by Crippen LogP contribution is -2.55. The minimum atomic E-state index is -1.33. The highest BCUT2D eigenvalue weighted by Gasteiger charge is 2.42. The van der Waals surface area contributed by atoms with Crippen LogP contribution in [0.25, 0.3) is 0 Å². The van der Waals surface area contributed by atoms with Gasteiger partial charge in [0.2, 0.25) is 0 Å². The van der Waals surface area contributed by atoms with Crippen molar-refractivity contribution in [3.8, 4) is 0 Å². The van der Waals surface area contributed by atoms with Crippen molar-refractivity contribution in [1.29, 1.82) is 0 Å². The second-order valence-corrected chi connectivity index (χ2v) is 5.27. The van der Waals surface area contributed by atoms with Crippen LogP contribution in [0.3, 0.4) is 0 Å². The summed E-state index contributed by atoms with van der Waals surface area (Å²) in [6, 6.07) is 0. The number of amides is 1. The summed E-state index contributed by atoms with van der Waals surface area (Å²) in [5, 5.41) is 24.8. The summed E-state index contributed by atoms with van der Waals surface area (Å²) in [7, 11) is 1.50. The molecule has 3 N–H and O–H groups in total. The van der Waals surface area contributed by atoms with E-state index >= 15 is 0 Å². The molecular weight excluding hydrogens is 278 g/mol. The van der Waals surface area contributed by atoms with Crippen LogP contribution in [0.4, 0.5) is 0 Å². The molecule has 1 fully saturated rings. The summed E-state index contributed by atoms with van der Waals surface area (Å²) < 4.78 is 1.21. The third kappa shape index (κ3) is 2.88. The van der Waals surface area contributed by atoms with Gasteiger partial charge in [-0.1, -0.05) is 19.3 Å². The molecule has 0 unspecified atom stereocenters. The Hall–Kier alpha value is -2.38. The van der Waals surface area contributed by atoms with Crippen LogP contribution >= 0.6 is 0 Å². The predicted octanol–water partition coefficient (Wildman–Crippen LogP) is 0.636. The van der Waals surface area contributed by atoms with Crippen LogP contribution in [-0.2, 0) is 11.8 Å². The van der Waals surface area contributed by atoms with E-state index in [2.05, 4.69) is 10.4 Å². The number of nitrogens with zero attached hydrogens (tertiary/aromatic N) is 2. The van der Waals surface area contributed by atoms with Gasteiger partial charge in [-0.2, -0.15) is 5.10 Å². The number of carboxylic acids is 2. The van der Waals surface area contributed by atoms with Crippen molar-refractivity contribution >= 4 is 17.8 Å². The van der Waals surface area contributed by atoms with E-state index in [0.29, 0.717) is 25.7 Å². The van der Waals surface area contributed by atoms with Crippen molar-refractivity contribution in [2.24, 2.45) is 7.05 Å². The molecule has 0 bridgehead atoms. The summed E-state index contributed by atoms with van der Waals surface area (Å²) >= 11 is 0. The lowest BCUT2D eigenvalue weighted by Gasteiger charge is -2.33. The quantitative estimate of drug-likeness (QED) is 0.749. The molecule has 2 rings (SSSR count). The highest BCUT2D eigenvalue weighted by Crippen LogP contribution is 2.29. The highest BCUT2D eigenvalue weighted by atomic mass is 16.4. The van der Waals surface area contributed by atoms with Crippen molar-refractivity contribution in [1.82, 2.24) is 15.1 Å². The first kappa shape index (κ1) is 15.0. The van der Waals surface area contributed by atoms with E-state index in [1.165, 1.54) is 17.9 Å². The number of carbonyl (C=O) groups excluding carboxylic acids is 1. The Morgan fingerprint density at radius 3 is 2.38 bits per heavy atom. The monoisotopic (exact) mass is 295 g/mol. The smallest absolute Gasteiger partial charge is 0.339 e. The molecule has 0 aromatic carbocycles. The molecule has 1 aliphatic carbocycles. The average Bonchev–Trinajstić information content (AvgIpc) is 2.82. The van der Waals surface area contributed by atoms with E-state index in [1.807, 2.05) is 0 Å². The fourth-order valence-corrected chi connectivity index (χ4v) is 2.64. The van der Waals surface area contributed by atoms with Crippen LogP contribution in [0.5, 0.6) is 0 Å². The number of carbonyl (C=O) groups is 3. The molecular formula is C13H17N3O5. The largest absolute Gasteiger partial charge is 0.480 e. The molecule has 1 aromatic heterocycles. The molecule has 1 heterocycles. The third-order valence-electron chi connectivity index (χ3n) is 3.74. The maximum Gasteiger partial charge on any atom is 0.339 e. The zero-order valence-electron chi connectivity index (χ0n) is 11.6. The van der Waals surface area contributed by atoms with Gasteiger partial charge in [-0.3, -0.25) is 9.48 Å². The van der Waals surface area contributed by atoms with Gasteiger partial charge in [0.1, 0.15) is 11.1 Å². The summed E-state index contributed by atoms with van der Waals surface area (Å²) in [4.78, 5) is 34.9. The van der Waals surface area contributed by atoms with Gasteiger partial charge in [0.15, 0.2) is 5.69 Å². The van der Waals surface area contributed by atoms with Crippen LogP contribution in [0.15, 0.2) is 6.20 Å². The topological polar surface area (TPSA) is 122 Å². The maximum absolute atomic E-state index is 12.2. The van der Waals surface area contributed by atoms with Crippen LogP contribution in [0, 0.1) is 0 Å². The Labute approximate surface area is 120 Å². The number of aryl methyl sites for hydroxylation is 1. The van der Waals surface area contributed by atoms with Gasteiger partial charge in [0, 0.05) is 13.2 Å². The Bertz CT molecular complexity index is 587. The first-order valence-corrected chi connectivity index (χ1v) is 6.68. The van der Waals surface area contributed by atoms with Crippen molar-refractivity contribution in [3.05, 3.63) is 17.5 Å². The maximum atomic E-state index is 12.2. The molecule has 0 radical (unpaired) electrons. The standard InChI is InChI=1S/C13H17N3O5/c1-16-7-8(11(18)19)9(15-16)10(17)14-13(12(20)21)5-3-2-4-6-13/h7H,2-6H2,1H3,(H,14,17)(H,18,19)(H,20,21). The number of hydrogen-bond donors (Lipinski definition) is 3. The summed E-state index contributed by atoms with van der Waals surface area (Å²) in [5.41, 5.74) is -1.84. The predicted molar refractivity (Wildman–Crippen MR) is 71.1 cm³/mol. The first-order valence-electron chi connectivity index (χ1n) is 6.68. The molecule has 1 amide bonds. The highest BCUT2D eigenvalue weighted by molar-refractivity contribution is 6.04. The molecule has 0 atom stereocenters. The average molecular weight is 295 g/mol. The number of aliphatic carboxylic acids is 1. The number of nitrogens with one attached hydrogen (secondary N) is 1. The second-order valence-electron chi connectivity index (χ2n) is 5.27. The summed E-state index contributed by atoms with van der Waals surface area (Å²) in [5.74, 6) is -3.14. The van der Waals surface area contributed by atoms with Gasteiger partial charge in [-0.05, 0) is 12.8 Å². The first-order chi connectivity index (χ1) is 9.85. The van der Waals surface area contributed by atoms with E-state index in [4.69, 9.17) is 5.11 Å². The lowest BCUT2D eigenvalue weighted by molar-refractivity contribution is -0.145. The van der Waals surface area contributed by atoms with Gasteiger partial charge in [-0.15, -0.1) is 0 Å². The van der Waals surface area contributed by atoms with Gasteiger partial charge < -0.3 is 15.5 Å². The second kappa shape index (κ2) is 5.55. The van der Waals surface area contributed by atoms with E-state index in [0.717, 1.165) is 6.42 Å². The van der Waals surface area contributed by atoms with Crippen LogP contribution in [0.1, 0.15) is 53.0 Å². The normalized spacial score (nSPS) is 17.2. The van der Waals surface area contributed by atoms with Gasteiger partial charge >= 0.3 is 11.9 Å². The Kier molecular flexibility index (Phi) is 3.97. The lowest BCUT2D eigenvalue weighted by atomic mass is 9.81. The van der Waals surface area contributed by atoms with Crippen LogP contribution in [0.2, 0.25) is 0 Å². The molecule has 114 valence electrons. The molecule has 8 heteroatoms. The molecule has 8 nitrogen and oxygen atoms in total. The van der Waals surface area contributed by atoms with Crippen LogP contribution in [-0.4, -0.2) is 43.4 Å². The van der Waals surface area contributed by atoms with E-state index in [9.17, 15) is 19.5 Å². The van der Waals surface area contributed by atoms with Crippen molar-refractivity contribution < 1.29 is 24.6 Å². The molecule has 0 saturated heterocycles. The zero-order chi connectivity index (χ0) is 15.6. The minimum Gasteiger partial charge on any atom is -0.480 e. The Morgan fingerprint density at radius 2 is 1.86 bits per heavy atom. The Balaban J connectivity index is 2.28. The van der Waals surface area contributed by atoms with Gasteiger partial charge in [-0.25, -0.2) is 9.59 Å². The van der Waals surface area contributed by atoms with Gasteiger partial charge in [0.25, 0.3) is 5.91 Å². The zero-order valence-corrected chi connectivity index (χ0v) is 11.6.